The van der Waals surface area contributed by atoms with Gasteiger partial charge < -0.3 is 10.1 Å². The Morgan fingerprint density at radius 3 is 3.00 bits per heavy atom. The molecule has 2 rings (SSSR count). The number of aryl methyl sites for hydroxylation is 1. The van der Waals surface area contributed by atoms with Crippen molar-refractivity contribution in [2.75, 3.05) is 20.3 Å². The lowest BCUT2D eigenvalue weighted by atomic mass is 10.2. The van der Waals surface area contributed by atoms with Gasteiger partial charge in [0.25, 0.3) is 0 Å². The first-order valence-electron chi connectivity index (χ1n) is 5.90. The molecule has 0 spiro atoms. The van der Waals surface area contributed by atoms with Crippen LogP contribution in [0.5, 0.6) is 0 Å². The molecule has 5 nitrogen and oxygen atoms in total. The summed E-state index contributed by atoms with van der Waals surface area (Å²) in [7, 11) is 1.61. The van der Waals surface area contributed by atoms with Gasteiger partial charge in [0.1, 0.15) is 6.54 Å². The Morgan fingerprint density at radius 2 is 2.22 bits per heavy atom. The predicted octanol–water partition coefficient (Wildman–Crippen LogP) is 1.11. The number of benzene rings is 1. The molecule has 5 heteroatoms. The van der Waals surface area contributed by atoms with E-state index < -0.39 is 0 Å². The second-order valence-corrected chi connectivity index (χ2v) is 4.10. The van der Waals surface area contributed by atoms with Gasteiger partial charge in [-0.1, -0.05) is 18.2 Å². The van der Waals surface area contributed by atoms with Gasteiger partial charge in [-0.05, 0) is 13.0 Å². The van der Waals surface area contributed by atoms with Gasteiger partial charge in [0.05, 0.1) is 17.8 Å². The Hall–Kier alpha value is -1.88. The van der Waals surface area contributed by atoms with Crippen LogP contribution in [0.3, 0.4) is 0 Å². The minimum Gasteiger partial charge on any atom is -0.383 e. The quantitative estimate of drug-likeness (QED) is 0.805. The summed E-state index contributed by atoms with van der Waals surface area (Å²) in [5.41, 5.74) is 1.92. The first-order chi connectivity index (χ1) is 8.72. The fourth-order valence-electron chi connectivity index (χ4n) is 1.90. The van der Waals surface area contributed by atoms with Crippen molar-refractivity contribution in [3.8, 4) is 0 Å². The summed E-state index contributed by atoms with van der Waals surface area (Å²) in [6.45, 7) is 3.22. The Labute approximate surface area is 106 Å². The monoisotopic (exact) mass is 247 g/mol. The van der Waals surface area contributed by atoms with Crippen molar-refractivity contribution in [2.45, 2.75) is 13.5 Å². The van der Waals surface area contributed by atoms with E-state index in [0.29, 0.717) is 13.2 Å². The molecule has 1 amide bonds. The normalized spacial score (nSPS) is 10.8. The average Bonchev–Trinajstić information content (AvgIpc) is 2.67. The molecule has 0 saturated heterocycles. The summed E-state index contributed by atoms with van der Waals surface area (Å²) in [6, 6.07) is 7.90. The number of hydrogen-bond acceptors (Lipinski definition) is 3. The van der Waals surface area contributed by atoms with Crippen LogP contribution in [0.25, 0.3) is 10.9 Å². The van der Waals surface area contributed by atoms with Crippen LogP contribution in [-0.2, 0) is 16.1 Å². The molecule has 0 radical (unpaired) electrons. The summed E-state index contributed by atoms with van der Waals surface area (Å²) in [5.74, 6) is -0.0553. The summed E-state index contributed by atoms with van der Waals surface area (Å²) < 4.78 is 6.61. The van der Waals surface area contributed by atoms with Crippen LogP contribution < -0.4 is 5.32 Å². The Bertz CT molecular complexity index is 548. The molecule has 96 valence electrons. The maximum atomic E-state index is 11.7. The average molecular weight is 247 g/mol. The van der Waals surface area contributed by atoms with Crippen LogP contribution in [-0.4, -0.2) is 35.9 Å². The van der Waals surface area contributed by atoms with Crippen LogP contribution in [0.1, 0.15) is 5.69 Å². The smallest absolute Gasteiger partial charge is 0.241 e. The van der Waals surface area contributed by atoms with Gasteiger partial charge in [0.15, 0.2) is 0 Å². The molecule has 0 atom stereocenters. The second kappa shape index (κ2) is 5.64. The van der Waals surface area contributed by atoms with Gasteiger partial charge >= 0.3 is 0 Å². The largest absolute Gasteiger partial charge is 0.383 e. The highest BCUT2D eigenvalue weighted by molar-refractivity contribution is 5.84. The van der Waals surface area contributed by atoms with Crippen molar-refractivity contribution < 1.29 is 9.53 Å². The van der Waals surface area contributed by atoms with E-state index in [2.05, 4.69) is 10.4 Å². The predicted molar refractivity (Wildman–Crippen MR) is 69.4 cm³/mol. The zero-order valence-electron chi connectivity index (χ0n) is 10.6. The number of hydrogen-bond donors (Lipinski definition) is 1. The summed E-state index contributed by atoms with van der Waals surface area (Å²) in [6.07, 6.45) is 0. The van der Waals surface area contributed by atoms with Gasteiger partial charge in [-0.25, -0.2) is 0 Å². The second-order valence-electron chi connectivity index (χ2n) is 4.10. The van der Waals surface area contributed by atoms with Gasteiger partial charge in [0, 0.05) is 19.0 Å². The molecule has 0 aliphatic carbocycles. The van der Waals surface area contributed by atoms with Crippen LogP contribution in [0.15, 0.2) is 24.3 Å². The molecule has 18 heavy (non-hydrogen) atoms. The Morgan fingerprint density at radius 1 is 1.44 bits per heavy atom. The minimum atomic E-state index is -0.0553. The van der Waals surface area contributed by atoms with E-state index in [-0.39, 0.29) is 12.5 Å². The number of rotatable bonds is 5. The van der Waals surface area contributed by atoms with Crippen LogP contribution in [0.4, 0.5) is 0 Å². The van der Waals surface area contributed by atoms with Gasteiger partial charge in [0.2, 0.25) is 5.91 Å². The number of methoxy groups -OCH3 is 1. The lowest BCUT2D eigenvalue weighted by Gasteiger charge is -2.05. The standard InChI is InChI=1S/C13H17N3O2/c1-10-11-5-3-4-6-12(11)16(15-10)9-13(17)14-7-8-18-2/h3-6H,7-9H2,1-2H3,(H,14,17). The highest BCUT2D eigenvalue weighted by atomic mass is 16.5. The third-order valence-corrected chi connectivity index (χ3v) is 2.76. The maximum absolute atomic E-state index is 11.7. The number of carbonyl (C=O) groups excluding carboxylic acids is 1. The van der Waals surface area contributed by atoms with E-state index >= 15 is 0 Å². The first-order valence-corrected chi connectivity index (χ1v) is 5.90. The number of nitrogens with one attached hydrogen (secondary N) is 1. The van der Waals surface area contributed by atoms with Crippen molar-refractivity contribution in [2.24, 2.45) is 0 Å². The number of fused-ring (bicyclic) bond motifs is 1. The highest BCUT2D eigenvalue weighted by Gasteiger charge is 2.09. The molecule has 0 saturated carbocycles. The molecule has 1 heterocycles. The number of nitrogens with zero attached hydrogens (tertiary/aromatic N) is 2. The van der Waals surface area contributed by atoms with E-state index in [1.165, 1.54) is 0 Å². The van der Waals surface area contributed by atoms with Gasteiger partial charge in [-0.15, -0.1) is 0 Å². The number of carbonyl (C=O) groups is 1. The maximum Gasteiger partial charge on any atom is 0.241 e. The third-order valence-electron chi connectivity index (χ3n) is 2.76. The lowest BCUT2D eigenvalue weighted by molar-refractivity contribution is -0.121. The van der Waals surface area contributed by atoms with E-state index in [4.69, 9.17) is 4.74 Å². The molecule has 0 fully saturated rings. The number of ether oxygens (including phenoxy) is 1. The zero-order chi connectivity index (χ0) is 13.0. The van der Waals surface area contributed by atoms with E-state index in [1.54, 1.807) is 11.8 Å². The number of para-hydroxylation sites is 1. The van der Waals surface area contributed by atoms with Crippen molar-refractivity contribution in [3.63, 3.8) is 0 Å². The van der Waals surface area contributed by atoms with Crippen molar-refractivity contribution in [3.05, 3.63) is 30.0 Å². The van der Waals surface area contributed by atoms with Crippen molar-refractivity contribution >= 4 is 16.8 Å². The molecule has 1 aromatic carbocycles. The summed E-state index contributed by atoms with van der Waals surface area (Å²) >= 11 is 0. The van der Waals surface area contributed by atoms with E-state index in [0.717, 1.165) is 16.6 Å². The molecular weight excluding hydrogens is 230 g/mol. The van der Waals surface area contributed by atoms with Gasteiger partial charge in [-0.3, -0.25) is 9.48 Å². The van der Waals surface area contributed by atoms with Crippen molar-refractivity contribution in [1.29, 1.82) is 0 Å². The lowest BCUT2D eigenvalue weighted by Crippen LogP contribution is -2.30. The molecule has 0 aliphatic heterocycles. The van der Waals surface area contributed by atoms with Crippen LogP contribution in [0, 0.1) is 6.92 Å². The fourth-order valence-corrected chi connectivity index (χ4v) is 1.90. The summed E-state index contributed by atoms with van der Waals surface area (Å²) in [4.78, 5) is 11.7. The molecule has 1 N–H and O–H groups in total. The zero-order valence-corrected chi connectivity index (χ0v) is 10.6. The van der Waals surface area contributed by atoms with Crippen LogP contribution >= 0.6 is 0 Å². The first kappa shape index (κ1) is 12.6. The fraction of sp³-hybridized carbons (Fsp3) is 0.385. The van der Waals surface area contributed by atoms with Gasteiger partial charge in [-0.2, -0.15) is 5.10 Å². The highest BCUT2D eigenvalue weighted by Crippen LogP contribution is 2.16. The number of amides is 1. The molecular formula is C13H17N3O2. The molecule has 0 bridgehead atoms. The molecule has 0 aliphatic rings. The topological polar surface area (TPSA) is 56.1 Å². The minimum absolute atomic E-state index is 0.0553. The number of aromatic nitrogens is 2. The third kappa shape index (κ3) is 2.68. The van der Waals surface area contributed by atoms with E-state index in [9.17, 15) is 4.79 Å². The Balaban J connectivity index is 2.10. The molecule has 2 aromatic rings. The van der Waals surface area contributed by atoms with Crippen LogP contribution in [0.2, 0.25) is 0 Å². The SMILES string of the molecule is COCCNC(=O)Cn1nc(C)c2ccccc21. The van der Waals surface area contributed by atoms with E-state index in [1.807, 2.05) is 31.2 Å². The molecule has 0 unspecified atom stereocenters. The summed E-state index contributed by atoms with van der Waals surface area (Å²) in [5, 5.41) is 8.25. The Kier molecular flexibility index (Phi) is 3.94. The molecule has 1 aromatic heterocycles. The van der Waals surface area contributed by atoms with Crippen molar-refractivity contribution in [1.82, 2.24) is 15.1 Å².